The van der Waals surface area contributed by atoms with Crippen molar-refractivity contribution in [1.82, 2.24) is 20.0 Å². The highest BCUT2D eigenvalue weighted by atomic mass is 15.3. The van der Waals surface area contributed by atoms with Crippen molar-refractivity contribution in [2.24, 2.45) is 13.0 Å². The van der Waals surface area contributed by atoms with E-state index in [9.17, 15) is 0 Å². The molecule has 1 aliphatic heterocycles. The first kappa shape index (κ1) is 12.6. The Labute approximate surface area is 104 Å². The first-order chi connectivity index (χ1) is 8.24. The molecule has 0 bridgehead atoms. The topological polar surface area (TPSA) is 33.1 Å². The maximum absolute atomic E-state index is 4.35. The molecular formula is C13H24N4. The number of hydrogen-bond acceptors (Lipinski definition) is 3. The fourth-order valence-corrected chi connectivity index (χ4v) is 2.43. The normalized spacial score (nSPS) is 18.7. The van der Waals surface area contributed by atoms with Crippen molar-refractivity contribution in [3.05, 3.63) is 18.0 Å². The van der Waals surface area contributed by atoms with Gasteiger partial charge in [0.2, 0.25) is 0 Å². The van der Waals surface area contributed by atoms with Gasteiger partial charge in [-0.15, -0.1) is 0 Å². The van der Waals surface area contributed by atoms with Crippen molar-refractivity contribution in [3.63, 3.8) is 0 Å². The third kappa shape index (κ3) is 4.13. The van der Waals surface area contributed by atoms with Crippen LogP contribution in [0.2, 0.25) is 0 Å². The molecule has 4 heteroatoms. The van der Waals surface area contributed by atoms with Gasteiger partial charge in [0.1, 0.15) is 0 Å². The van der Waals surface area contributed by atoms with E-state index in [0.29, 0.717) is 0 Å². The average molecular weight is 236 g/mol. The maximum Gasteiger partial charge on any atom is 0.0762 e. The van der Waals surface area contributed by atoms with E-state index in [1.54, 1.807) is 0 Å². The first-order valence-electron chi connectivity index (χ1n) is 6.62. The summed E-state index contributed by atoms with van der Waals surface area (Å²) in [5, 5.41) is 7.84. The quantitative estimate of drug-likeness (QED) is 0.781. The van der Waals surface area contributed by atoms with E-state index < -0.39 is 0 Å². The Balaban J connectivity index is 1.57. The molecule has 1 aromatic heterocycles. The van der Waals surface area contributed by atoms with E-state index >= 15 is 0 Å². The molecule has 1 aliphatic rings. The van der Waals surface area contributed by atoms with Gasteiger partial charge < -0.3 is 10.2 Å². The highest BCUT2D eigenvalue weighted by Gasteiger charge is 2.15. The zero-order valence-electron chi connectivity index (χ0n) is 11.0. The lowest BCUT2D eigenvalue weighted by Crippen LogP contribution is -2.31. The van der Waals surface area contributed by atoms with E-state index in [4.69, 9.17) is 0 Å². The minimum Gasteiger partial charge on any atom is -0.311 e. The molecule has 2 rings (SSSR count). The summed E-state index contributed by atoms with van der Waals surface area (Å²) in [5.41, 5.74) is 1.14. The first-order valence-corrected chi connectivity index (χ1v) is 6.62. The fraction of sp³-hybridized carbons (Fsp3) is 0.769. The van der Waals surface area contributed by atoms with Gasteiger partial charge in [0.15, 0.2) is 0 Å². The maximum atomic E-state index is 4.35. The molecule has 0 aliphatic carbocycles. The van der Waals surface area contributed by atoms with E-state index in [0.717, 1.165) is 24.7 Å². The van der Waals surface area contributed by atoms with Crippen LogP contribution >= 0.6 is 0 Å². The van der Waals surface area contributed by atoms with Crippen LogP contribution in [-0.2, 0) is 13.6 Å². The summed E-state index contributed by atoms with van der Waals surface area (Å²) < 4.78 is 1.86. The van der Waals surface area contributed by atoms with Crippen molar-refractivity contribution >= 4 is 0 Å². The number of hydrogen-bond donors (Lipinski definition) is 1. The SMILES string of the molecule is CN1CCC(CCNCc2ccn(C)n2)CC1. The van der Waals surface area contributed by atoms with Crippen molar-refractivity contribution < 1.29 is 0 Å². The standard InChI is InChI=1S/C13H24N4/c1-16-8-4-12(5-9-16)3-7-14-11-13-6-10-17(2)15-13/h6,10,12,14H,3-5,7-9,11H2,1-2H3. The van der Waals surface area contributed by atoms with Crippen molar-refractivity contribution in [3.8, 4) is 0 Å². The van der Waals surface area contributed by atoms with Crippen LogP contribution in [0.5, 0.6) is 0 Å². The van der Waals surface area contributed by atoms with E-state index in [2.05, 4.69) is 28.4 Å². The lowest BCUT2D eigenvalue weighted by Gasteiger charge is -2.28. The highest BCUT2D eigenvalue weighted by molar-refractivity contribution is 4.97. The molecule has 2 heterocycles. The second-order valence-corrected chi connectivity index (χ2v) is 5.19. The van der Waals surface area contributed by atoms with Crippen LogP contribution in [0, 0.1) is 5.92 Å². The predicted octanol–water partition coefficient (Wildman–Crippen LogP) is 1.24. The van der Waals surface area contributed by atoms with Gasteiger partial charge >= 0.3 is 0 Å². The number of rotatable bonds is 5. The predicted molar refractivity (Wildman–Crippen MR) is 69.8 cm³/mol. The Morgan fingerprint density at radius 2 is 2.12 bits per heavy atom. The molecule has 1 fully saturated rings. The lowest BCUT2D eigenvalue weighted by atomic mass is 9.94. The Morgan fingerprint density at radius 1 is 1.35 bits per heavy atom. The minimum atomic E-state index is 0.896. The molecule has 17 heavy (non-hydrogen) atoms. The third-order valence-corrected chi connectivity index (χ3v) is 3.64. The summed E-state index contributed by atoms with van der Waals surface area (Å²) in [7, 11) is 4.18. The molecule has 4 nitrogen and oxygen atoms in total. The monoisotopic (exact) mass is 236 g/mol. The third-order valence-electron chi connectivity index (χ3n) is 3.64. The van der Waals surface area contributed by atoms with Crippen LogP contribution in [-0.4, -0.2) is 41.4 Å². The summed E-state index contributed by atoms with van der Waals surface area (Å²) in [6, 6.07) is 2.07. The minimum absolute atomic E-state index is 0.896. The highest BCUT2D eigenvalue weighted by Crippen LogP contribution is 2.18. The molecule has 96 valence electrons. The van der Waals surface area contributed by atoms with Crippen LogP contribution < -0.4 is 5.32 Å². The number of aryl methyl sites for hydroxylation is 1. The number of likely N-dealkylation sites (tertiary alicyclic amines) is 1. The van der Waals surface area contributed by atoms with Crippen LogP contribution in [0.4, 0.5) is 0 Å². The molecule has 0 aromatic carbocycles. The summed E-state index contributed by atoms with van der Waals surface area (Å²) in [6.07, 6.45) is 6.03. The average Bonchev–Trinajstić information content (AvgIpc) is 2.73. The summed E-state index contributed by atoms with van der Waals surface area (Å²) >= 11 is 0. The second-order valence-electron chi connectivity index (χ2n) is 5.19. The summed E-state index contributed by atoms with van der Waals surface area (Å²) in [5.74, 6) is 0.919. The van der Waals surface area contributed by atoms with Gasteiger partial charge in [-0.3, -0.25) is 4.68 Å². The van der Waals surface area contributed by atoms with Crippen molar-refractivity contribution in [1.29, 1.82) is 0 Å². The van der Waals surface area contributed by atoms with Gasteiger partial charge in [-0.1, -0.05) is 0 Å². The molecule has 0 spiro atoms. The zero-order valence-corrected chi connectivity index (χ0v) is 11.0. The van der Waals surface area contributed by atoms with Gasteiger partial charge in [0, 0.05) is 19.8 Å². The molecule has 1 saturated heterocycles. The zero-order chi connectivity index (χ0) is 12.1. The smallest absolute Gasteiger partial charge is 0.0762 e. The number of nitrogens with zero attached hydrogens (tertiary/aromatic N) is 3. The van der Waals surface area contributed by atoms with Crippen molar-refractivity contribution in [2.45, 2.75) is 25.8 Å². The largest absolute Gasteiger partial charge is 0.311 e. The molecule has 1 N–H and O–H groups in total. The van der Waals surface area contributed by atoms with Crippen LogP contribution in [0.1, 0.15) is 25.0 Å². The molecular weight excluding hydrogens is 212 g/mol. The molecule has 0 amide bonds. The summed E-state index contributed by atoms with van der Waals surface area (Å²) in [4.78, 5) is 2.43. The van der Waals surface area contributed by atoms with Crippen LogP contribution in [0.25, 0.3) is 0 Å². The number of nitrogens with one attached hydrogen (secondary N) is 1. The number of piperidine rings is 1. The van der Waals surface area contributed by atoms with Gasteiger partial charge in [0.05, 0.1) is 5.69 Å². The van der Waals surface area contributed by atoms with Crippen LogP contribution in [0.3, 0.4) is 0 Å². The van der Waals surface area contributed by atoms with E-state index in [1.807, 2.05) is 17.9 Å². The molecule has 1 aromatic rings. The Morgan fingerprint density at radius 3 is 2.76 bits per heavy atom. The van der Waals surface area contributed by atoms with Crippen molar-refractivity contribution in [2.75, 3.05) is 26.7 Å². The van der Waals surface area contributed by atoms with Crippen LogP contribution in [0.15, 0.2) is 12.3 Å². The van der Waals surface area contributed by atoms with Gasteiger partial charge in [0.25, 0.3) is 0 Å². The fourth-order valence-electron chi connectivity index (χ4n) is 2.43. The van der Waals surface area contributed by atoms with E-state index in [1.165, 1.54) is 32.4 Å². The van der Waals surface area contributed by atoms with E-state index in [-0.39, 0.29) is 0 Å². The number of aromatic nitrogens is 2. The Bertz CT molecular complexity index is 326. The van der Waals surface area contributed by atoms with Gasteiger partial charge in [-0.2, -0.15) is 5.10 Å². The Hall–Kier alpha value is -0.870. The molecule has 0 radical (unpaired) electrons. The Kier molecular flexibility index (Phi) is 4.57. The summed E-state index contributed by atoms with van der Waals surface area (Å²) in [6.45, 7) is 4.55. The molecule has 0 atom stereocenters. The second kappa shape index (κ2) is 6.17. The molecule has 0 unspecified atom stereocenters. The lowest BCUT2D eigenvalue weighted by molar-refractivity contribution is 0.211. The molecule has 0 saturated carbocycles. The van der Waals surface area contributed by atoms with Gasteiger partial charge in [-0.05, 0) is 57.9 Å². The van der Waals surface area contributed by atoms with Gasteiger partial charge in [-0.25, -0.2) is 0 Å².